The highest BCUT2D eigenvalue weighted by Gasteiger charge is 2.09. The Bertz CT molecular complexity index is 362. The molecule has 0 aliphatic carbocycles. The highest BCUT2D eigenvalue weighted by Crippen LogP contribution is 2.24. The Labute approximate surface area is 99.4 Å². The molecule has 4 N–H and O–H groups in total. The number of hydrogen-bond acceptors (Lipinski definition) is 3. The normalized spacial score (nSPS) is 12.4. The molecule has 0 spiro atoms. The summed E-state index contributed by atoms with van der Waals surface area (Å²) in [5.74, 6) is -0.213. The number of halogens is 1. The van der Waals surface area contributed by atoms with Crippen molar-refractivity contribution in [1.82, 2.24) is 5.32 Å². The monoisotopic (exact) mass is 242 g/mol. The molecule has 1 atom stereocenters. The standard InChI is InChI=1S/C11H15ClN2O2/c1-7(5-11(13)16)14-6-8-9(12)3-2-4-10(8)15/h2-4,7,14-15H,5-6H2,1H3,(H2,13,16). The Kier molecular flexibility index (Phi) is 4.58. The molecule has 0 bridgehead atoms. The van der Waals surface area contributed by atoms with Gasteiger partial charge < -0.3 is 16.2 Å². The summed E-state index contributed by atoms with van der Waals surface area (Å²) in [4.78, 5) is 10.7. The Morgan fingerprint density at radius 3 is 2.88 bits per heavy atom. The van der Waals surface area contributed by atoms with E-state index in [1.807, 2.05) is 6.92 Å². The Hall–Kier alpha value is -1.26. The van der Waals surface area contributed by atoms with Crippen LogP contribution < -0.4 is 11.1 Å². The fourth-order valence-corrected chi connectivity index (χ4v) is 1.61. The van der Waals surface area contributed by atoms with Crippen LogP contribution in [-0.4, -0.2) is 17.1 Å². The van der Waals surface area contributed by atoms with E-state index in [1.54, 1.807) is 18.2 Å². The van der Waals surface area contributed by atoms with Crippen molar-refractivity contribution in [2.24, 2.45) is 5.73 Å². The van der Waals surface area contributed by atoms with Crippen LogP contribution in [0.5, 0.6) is 5.75 Å². The van der Waals surface area contributed by atoms with Crippen molar-refractivity contribution in [3.8, 4) is 5.75 Å². The molecule has 1 aromatic rings. The van der Waals surface area contributed by atoms with Gasteiger partial charge in [0.05, 0.1) is 0 Å². The zero-order chi connectivity index (χ0) is 12.1. The van der Waals surface area contributed by atoms with Crippen LogP contribution >= 0.6 is 11.6 Å². The number of amides is 1. The molecule has 1 amide bonds. The SMILES string of the molecule is CC(CC(N)=O)NCc1c(O)cccc1Cl. The van der Waals surface area contributed by atoms with Crippen LogP contribution in [0.25, 0.3) is 0 Å². The van der Waals surface area contributed by atoms with Crippen molar-refractivity contribution in [2.75, 3.05) is 0 Å². The highest BCUT2D eigenvalue weighted by atomic mass is 35.5. The van der Waals surface area contributed by atoms with Gasteiger partial charge in [0.15, 0.2) is 0 Å². The number of phenols is 1. The fourth-order valence-electron chi connectivity index (χ4n) is 1.37. The lowest BCUT2D eigenvalue weighted by Gasteiger charge is -2.13. The number of nitrogens with two attached hydrogens (primary N) is 1. The van der Waals surface area contributed by atoms with Crippen molar-refractivity contribution in [1.29, 1.82) is 0 Å². The van der Waals surface area contributed by atoms with Crippen LogP contribution in [0.2, 0.25) is 5.02 Å². The molecule has 0 aliphatic rings. The summed E-state index contributed by atoms with van der Waals surface area (Å²) >= 11 is 5.93. The van der Waals surface area contributed by atoms with E-state index in [9.17, 15) is 9.90 Å². The first-order valence-corrected chi connectivity index (χ1v) is 5.36. The van der Waals surface area contributed by atoms with Gasteiger partial charge in [0.25, 0.3) is 0 Å². The number of aromatic hydroxyl groups is 1. The first kappa shape index (κ1) is 12.8. The molecular formula is C11H15ClN2O2. The smallest absolute Gasteiger partial charge is 0.218 e. The van der Waals surface area contributed by atoms with Gasteiger partial charge in [-0.25, -0.2) is 0 Å². The first-order chi connectivity index (χ1) is 7.50. The Morgan fingerprint density at radius 2 is 2.31 bits per heavy atom. The van der Waals surface area contributed by atoms with E-state index in [2.05, 4.69) is 5.32 Å². The van der Waals surface area contributed by atoms with Crippen LogP contribution in [-0.2, 0) is 11.3 Å². The van der Waals surface area contributed by atoms with Crippen LogP contribution in [0.3, 0.4) is 0 Å². The average Bonchev–Trinajstić information content (AvgIpc) is 2.15. The van der Waals surface area contributed by atoms with Crippen LogP contribution in [0.4, 0.5) is 0 Å². The Balaban J connectivity index is 2.57. The van der Waals surface area contributed by atoms with E-state index >= 15 is 0 Å². The number of carbonyl (C=O) groups is 1. The van der Waals surface area contributed by atoms with Gasteiger partial charge in [-0.15, -0.1) is 0 Å². The number of primary amides is 1. The van der Waals surface area contributed by atoms with Crippen molar-refractivity contribution >= 4 is 17.5 Å². The summed E-state index contributed by atoms with van der Waals surface area (Å²) in [6.45, 7) is 2.25. The van der Waals surface area contributed by atoms with Gasteiger partial charge in [0, 0.05) is 29.6 Å². The predicted molar refractivity (Wildman–Crippen MR) is 63.2 cm³/mol. The lowest BCUT2D eigenvalue weighted by molar-refractivity contribution is -0.118. The molecule has 0 aromatic heterocycles. The van der Waals surface area contributed by atoms with E-state index in [4.69, 9.17) is 17.3 Å². The molecule has 5 heteroatoms. The molecule has 0 saturated heterocycles. The molecule has 0 heterocycles. The minimum atomic E-state index is -0.358. The zero-order valence-corrected chi connectivity index (χ0v) is 9.79. The third-order valence-electron chi connectivity index (χ3n) is 2.23. The van der Waals surface area contributed by atoms with E-state index in [-0.39, 0.29) is 24.1 Å². The van der Waals surface area contributed by atoms with E-state index in [0.717, 1.165) is 0 Å². The second-order valence-corrected chi connectivity index (χ2v) is 4.10. The van der Waals surface area contributed by atoms with Crippen LogP contribution in [0.1, 0.15) is 18.9 Å². The molecule has 88 valence electrons. The lowest BCUT2D eigenvalue weighted by atomic mass is 10.1. The Morgan fingerprint density at radius 1 is 1.62 bits per heavy atom. The number of rotatable bonds is 5. The van der Waals surface area contributed by atoms with E-state index in [0.29, 0.717) is 17.1 Å². The number of hydrogen-bond donors (Lipinski definition) is 3. The van der Waals surface area contributed by atoms with Crippen molar-refractivity contribution in [3.63, 3.8) is 0 Å². The van der Waals surface area contributed by atoms with Gasteiger partial charge in [-0.3, -0.25) is 4.79 Å². The molecule has 1 rings (SSSR count). The van der Waals surface area contributed by atoms with E-state index in [1.165, 1.54) is 0 Å². The number of phenolic OH excluding ortho intramolecular Hbond substituents is 1. The van der Waals surface area contributed by atoms with Gasteiger partial charge in [-0.2, -0.15) is 0 Å². The molecular weight excluding hydrogens is 228 g/mol. The van der Waals surface area contributed by atoms with Crippen LogP contribution in [0, 0.1) is 0 Å². The van der Waals surface area contributed by atoms with Crippen molar-refractivity contribution < 1.29 is 9.90 Å². The summed E-state index contributed by atoms with van der Waals surface area (Å²) in [6.07, 6.45) is 0.255. The van der Waals surface area contributed by atoms with Gasteiger partial charge in [0.1, 0.15) is 5.75 Å². The maximum atomic E-state index is 10.7. The minimum absolute atomic E-state index is 0.0480. The molecule has 0 fully saturated rings. The lowest BCUT2D eigenvalue weighted by Crippen LogP contribution is -2.30. The summed E-state index contributed by atoms with van der Waals surface area (Å²) in [5.41, 5.74) is 5.69. The minimum Gasteiger partial charge on any atom is -0.508 e. The predicted octanol–water partition coefficient (Wildman–Crippen LogP) is 1.40. The highest BCUT2D eigenvalue weighted by molar-refractivity contribution is 6.31. The van der Waals surface area contributed by atoms with Gasteiger partial charge >= 0.3 is 0 Å². The maximum absolute atomic E-state index is 10.7. The average molecular weight is 243 g/mol. The summed E-state index contributed by atoms with van der Waals surface area (Å²) in [6, 6.07) is 4.90. The molecule has 0 radical (unpaired) electrons. The maximum Gasteiger partial charge on any atom is 0.218 e. The third-order valence-corrected chi connectivity index (χ3v) is 2.58. The summed E-state index contributed by atoms with van der Waals surface area (Å²) in [5, 5.41) is 13.1. The number of benzene rings is 1. The van der Waals surface area contributed by atoms with Crippen molar-refractivity contribution in [3.05, 3.63) is 28.8 Å². The summed E-state index contributed by atoms with van der Waals surface area (Å²) in [7, 11) is 0. The molecule has 1 aromatic carbocycles. The first-order valence-electron chi connectivity index (χ1n) is 4.98. The summed E-state index contributed by atoms with van der Waals surface area (Å²) < 4.78 is 0. The molecule has 4 nitrogen and oxygen atoms in total. The zero-order valence-electron chi connectivity index (χ0n) is 9.03. The second kappa shape index (κ2) is 5.72. The molecule has 0 aliphatic heterocycles. The van der Waals surface area contributed by atoms with Crippen LogP contribution in [0.15, 0.2) is 18.2 Å². The fraction of sp³-hybridized carbons (Fsp3) is 0.364. The third kappa shape index (κ3) is 3.72. The van der Waals surface area contributed by atoms with Gasteiger partial charge in [-0.1, -0.05) is 17.7 Å². The van der Waals surface area contributed by atoms with Gasteiger partial charge in [0.2, 0.25) is 5.91 Å². The number of nitrogens with one attached hydrogen (secondary N) is 1. The van der Waals surface area contributed by atoms with Crippen molar-refractivity contribution in [2.45, 2.75) is 25.9 Å². The molecule has 0 saturated carbocycles. The topological polar surface area (TPSA) is 75.4 Å². The second-order valence-electron chi connectivity index (χ2n) is 3.69. The quantitative estimate of drug-likeness (QED) is 0.731. The molecule has 16 heavy (non-hydrogen) atoms. The van der Waals surface area contributed by atoms with Gasteiger partial charge in [-0.05, 0) is 19.1 Å². The largest absolute Gasteiger partial charge is 0.508 e. The van der Waals surface area contributed by atoms with E-state index < -0.39 is 0 Å². The molecule has 1 unspecified atom stereocenters. The number of carbonyl (C=O) groups excluding carboxylic acids is 1.